The lowest BCUT2D eigenvalue weighted by atomic mass is 10.1. The summed E-state index contributed by atoms with van der Waals surface area (Å²) in [4.78, 5) is 23.1. The largest absolute Gasteiger partial charge is 0.299 e. The first-order valence-corrected chi connectivity index (χ1v) is 7.88. The maximum absolute atomic E-state index is 12.5. The summed E-state index contributed by atoms with van der Waals surface area (Å²) < 4.78 is 1.61. The Morgan fingerprint density at radius 3 is 2.74 bits per heavy atom. The Morgan fingerprint density at radius 2 is 2.04 bits per heavy atom. The predicted octanol–water partition coefficient (Wildman–Crippen LogP) is 2.20. The summed E-state index contributed by atoms with van der Waals surface area (Å²) in [7, 11) is 0. The fourth-order valence-corrected chi connectivity index (χ4v) is 2.70. The molecule has 0 unspecified atom stereocenters. The van der Waals surface area contributed by atoms with Crippen LogP contribution >= 0.6 is 0 Å². The van der Waals surface area contributed by atoms with E-state index in [2.05, 4.69) is 33.0 Å². The molecule has 1 aliphatic heterocycles. The van der Waals surface area contributed by atoms with Gasteiger partial charge in [0.1, 0.15) is 0 Å². The number of Topliss-reactive ketones (excluding diaryl/α,β-unsaturated/α-hetero) is 1. The Morgan fingerprint density at radius 1 is 1.26 bits per heavy atom. The molecular weight excluding hydrogens is 290 g/mol. The third-order valence-electron chi connectivity index (χ3n) is 4.23. The maximum atomic E-state index is 12.5. The van der Waals surface area contributed by atoms with Crippen LogP contribution in [0.4, 0.5) is 0 Å². The van der Waals surface area contributed by atoms with Gasteiger partial charge in [0.25, 0.3) is 5.95 Å². The van der Waals surface area contributed by atoms with Crippen molar-refractivity contribution in [1.29, 1.82) is 0 Å². The molecular formula is C17H21N5O. The zero-order chi connectivity index (χ0) is 16.2. The van der Waals surface area contributed by atoms with E-state index in [9.17, 15) is 4.79 Å². The minimum atomic E-state index is 0.121. The van der Waals surface area contributed by atoms with Gasteiger partial charge in [0.15, 0.2) is 5.78 Å². The van der Waals surface area contributed by atoms with E-state index in [0.29, 0.717) is 17.9 Å². The predicted molar refractivity (Wildman–Crippen MR) is 87.7 cm³/mol. The van der Waals surface area contributed by atoms with E-state index < -0.39 is 0 Å². The molecule has 0 saturated heterocycles. The van der Waals surface area contributed by atoms with Gasteiger partial charge in [0, 0.05) is 38.4 Å². The Labute approximate surface area is 135 Å². The third-order valence-corrected chi connectivity index (χ3v) is 4.23. The van der Waals surface area contributed by atoms with Gasteiger partial charge in [-0.25, -0.2) is 14.6 Å². The summed E-state index contributed by atoms with van der Waals surface area (Å²) in [5.41, 5.74) is 2.88. The van der Waals surface area contributed by atoms with E-state index in [1.807, 2.05) is 6.92 Å². The number of hydrogen-bond acceptors (Lipinski definition) is 5. The topological polar surface area (TPSA) is 63.9 Å². The smallest absolute Gasteiger partial charge is 0.250 e. The molecule has 1 aliphatic rings. The molecule has 0 amide bonds. The molecule has 0 radical (unpaired) electrons. The second-order valence-corrected chi connectivity index (χ2v) is 5.88. The van der Waals surface area contributed by atoms with Crippen molar-refractivity contribution >= 4 is 5.78 Å². The van der Waals surface area contributed by atoms with Crippen LogP contribution in [0, 0.1) is 6.92 Å². The van der Waals surface area contributed by atoms with Gasteiger partial charge in [-0.05, 0) is 26.3 Å². The van der Waals surface area contributed by atoms with Crippen molar-refractivity contribution in [3.05, 3.63) is 47.6 Å². The van der Waals surface area contributed by atoms with Crippen molar-refractivity contribution in [1.82, 2.24) is 24.6 Å². The molecule has 3 heterocycles. The number of carbonyl (C=O) groups is 1. The molecule has 0 bridgehead atoms. The number of hydrogen-bond donors (Lipinski definition) is 0. The third kappa shape index (κ3) is 3.53. The Bertz CT molecular complexity index is 720. The molecule has 0 saturated carbocycles. The Kier molecular flexibility index (Phi) is 4.62. The van der Waals surface area contributed by atoms with Crippen molar-refractivity contribution in [2.75, 3.05) is 19.6 Å². The molecule has 6 heteroatoms. The van der Waals surface area contributed by atoms with Crippen LogP contribution in [0.1, 0.15) is 35.8 Å². The average molecular weight is 311 g/mol. The van der Waals surface area contributed by atoms with Crippen molar-refractivity contribution in [3.63, 3.8) is 0 Å². The van der Waals surface area contributed by atoms with Crippen LogP contribution in [0.3, 0.4) is 0 Å². The second kappa shape index (κ2) is 6.83. The van der Waals surface area contributed by atoms with Gasteiger partial charge in [-0.3, -0.25) is 9.69 Å². The first-order chi connectivity index (χ1) is 11.1. The highest BCUT2D eigenvalue weighted by molar-refractivity contribution is 5.97. The summed E-state index contributed by atoms with van der Waals surface area (Å²) >= 11 is 0. The number of carbonyl (C=O) groups excluding carboxylic acids is 1. The molecule has 2 aromatic heterocycles. The van der Waals surface area contributed by atoms with E-state index in [4.69, 9.17) is 0 Å². The van der Waals surface area contributed by atoms with Crippen molar-refractivity contribution < 1.29 is 4.79 Å². The minimum absolute atomic E-state index is 0.121. The molecule has 0 fully saturated rings. The van der Waals surface area contributed by atoms with Crippen molar-refractivity contribution in [2.45, 2.75) is 26.7 Å². The summed E-state index contributed by atoms with van der Waals surface area (Å²) in [6, 6.07) is 1.75. The summed E-state index contributed by atoms with van der Waals surface area (Å²) in [6.07, 6.45) is 8.79. The lowest BCUT2D eigenvalue weighted by molar-refractivity contribution is 0.0965. The van der Waals surface area contributed by atoms with Gasteiger partial charge in [0.2, 0.25) is 0 Å². The quantitative estimate of drug-likeness (QED) is 0.625. The average Bonchev–Trinajstić information content (AvgIpc) is 2.96. The lowest BCUT2D eigenvalue weighted by Crippen LogP contribution is -2.30. The van der Waals surface area contributed by atoms with Crippen LogP contribution in [0.5, 0.6) is 0 Å². The Balaban J connectivity index is 1.65. The molecule has 3 rings (SSSR count). The van der Waals surface area contributed by atoms with Crippen LogP contribution in [-0.4, -0.2) is 50.1 Å². The zero-order valence-electron chi connectivity index (χ0n) is 13.6. The van der Waals surface area contributed by atoms with Gasteiger partial charge in [-0.2, -0.15) is 5.10 Å². The number of nitrogens with zero attached hydrogens (tertiary/aromatic N) is 5. The van der Waals surface area contributed by atoms with E-state index in [1.54, 1.807) is 29.3 Å². The fourth-order valence-electron chi connectivity index (χ4n) is 2.70. The first-order valence-electron chi connectivity index (χ1n) is 7.88. The number of rotatable bonds is 5. The van der Waals surface area contributed by atoms with Crippen molar-refractivity contribution in [3.8, 4) is 5.95 Å². The van der Waals surface area contributed by atoms with Gasteiger partial charge < -0.3 is 0 Å². The SMILES string of the molecule is CC1=CCN(CCC(=O)c2cnn(-c3ncccn3)c2C)CC1. The second-order valence-electron chi connectivity index (χ2n) is 5.88. The van der Waals surface area contributed by atoms with E-state index in [-0.39, 0.29) is 5.78 Å². The zero-order valence-corrected chi connectivity index (χ0v) is 13.6. The van der Waals surface area contributed by atoms with Gasteiger partial charge >= 0.3 is 0 Å². The number of ketones is 1. The maximum Gasteiger partial charge on any atom is 0.250 e. The minimum Gasteiger partial charge on any atom is -0.299 e. The highest BCUT2D eigenvalue weighted by atomic mass is 16.1. The summed E-state index contributed by atoms with van der Waals surface area (Å²) in [5, 5.41) is 4.26. The summed E-state index contributed by atoms with van der Waals surface area (Å²) in [5.74, 6) is 0.608. The highest BCUT2D eigenvalue weighted by Gasteiger charge is 2.17. The fraction of sp³-hybridized carbons (Fsp3) is 0.412. The van der Waals surface area contributed by atoms with Gasteiger partial charge in [0.05, 0.1) is 17.5 Å². The number of aromatic nitrogens is 4. The van der Waals surface area contributed by atoms with Crippen LogP contribution in [0.2, 0.25) is 0 Å². The van der Waals surface area contributed by atoms with Crippen LogP contribution in [-0.2, 0) is 0 Å². The van der Waals surface area contributed by atoms with Gasteiger partial charge in [-0.1, -0.05) is 11.6 Å². The first kappa shape index (κ1) is 15.6. The van der Waals surface area contributed by atoms with E-state index >= 15 is 0 Å². The lowest BCUT2D eigenvalue weighted by Gasteiger charge is -2.24. The Hall–Kier alpha value is -2.34. The van der Waals surface area contributed by atoms with E-state index in [0.717, 1.165) is 31.7 Å². The molecule has 23 heavy (non-hydrogen) atoms. The summed E-state index contributed by atoms with van der Waals surface area (Å²) in [6.45, 7) is 6.80. The molecule has 120 valence electrons. The molecule has 0 spiro atoms. The molecule has 0 aliphatic carbocycles. The standard InChI is InChI=1S/C17H21N5O/c1-13-4-9-21(10-5-13)11-6-16(23)15-12-20-22(14(15)2)17-18-7-3-8-19-17/h3-4,7-8,12H,5-6,9-11H2,1-2H3. The van der Waals surface area contributed by atoms with Crippen molar-refractivity contribution in [2.24, 2.45) is 0 Å². The monoisotopic (exact) mass is 311 g/mol. The molecule has 2 aromatic rings. The van der Waals surface area contributed by atoms with Crippen LogP contribution in [0.15, 0.2) is 36.3 Å². The van der Waals surface area contributed by atoms with Crippen LogP contribution < -0.4 is 0 Å². The normalized spacial score (nSPS) is 15.5. The molecule has 6 nitrogen and oxygen atoms in total. The molecule has 0 aromatic carbocycles. The van der Waals surface area contributed by atoms with Gasteiger partial charge in [-0.15, -0.1) is 0 Å². The van der Waals surface area contributed by atoms with E-state index in [1.165, 1.54) is 5.57 Å². The highest BCUT2D eigenvalue weighted by Crippen LogP contribution is 2.14. The van der Waals surface area contributed by atoms with Crippen LogP contribution in [0.25, 0.3) is 5.95 Å². The molecule has 0 N–H and O–H groups in total. The molecule has 0 atom stereocenters.